The van der Waals surface area contributed by atoms with Gasteiger partial charge in [-0.2, -0.15) is 0 Å². The van der Waals surface area contributed by atoms with Crippen molar-refractivity contribution in [2.75, 3.05) is 31.6 Å². The molecule has 0 amide bonds. The third-order valence-corrected chi connectivity index (χ3v) is 3.36. The van der Waals surface area contributed by atoms with E-state index in [1.807, 2.05) is 0 Å². The van der Waals surface area contributed by atoms with Gasteiger partial charge in [-0.15, -0.1) is 0 Å². The SMILES string of the molecule is CC1CC(CBr)CN(CCF)C1. The lowest BCUT2D eigenvalue weighted by Gasteiger charge is -2.35. The molecule has 12 heavy (non-hydrogen) atoms. The van der Waals surface area contributed by atoms with Crippen LogP contribution in [0.25, 0.3) is 0 Å². The summed E-state index contributed by atoms with van der Waals surface area (Å²) in [6.07, 6.45) is 1.29. The van der Waals surface area contributed by atoms with Crippen LogP contribution in [0.2, 0.25) is 0 Å². The van der Waals surface area contributed by atoms with Crippen molar-refractivity contribution >= 4 is 15.9 Å². The van der Waals surface area contributed by atoms with Crippen molar-refractivity contribution in [2.24, 2.45) is 11.8 Å². The average Bonchev–Trinajstić information content (AvgIpc) is 2.04. The summed E-state index contributed by atoms with van der Waals surface area (Å²) in [4.78, 5) is 2.24. The first-order valence-electron chi connectivity index (χ1n) is 4.60. The molecular weight excluding hydrogens is 221 g/mol. The van der Waals surface area contributed by atoms with Crippen molar-refractivity contribution in [1.82, 2.24) is 4.90 Å². The van der Waals surface area contributed by atoms with Gasteiger partial charge in [-0.1, -0.05) is 22.9 Å². The van der Waals surface area contributed by atoms with Gasteiger partial charge in [0.05, 0.1) is 0 Å². The van der Waals surface area contributed by atoms with Crippen LogP contribution in [0, 0.1) is 11.8 Å². The Labute approximate surface area is 82.4 Å². The lowest BCUT2D eigenvalue weighted by molar-refractivity contribution is 0.135. The molecule has 2 unspecified atom stereocenters. The molecule has 1 heterocycles. The first-order chi connectivity index (χ1) is 5.76. The summed E-state index contributed by atoms with van der Waals surface area (Å²) in [5, 5.41) is 1.06. The quantitative estimate of drug-likeness (QED) is 0.682. The van der Waals surface area contributed by atoms with Crippen LogP contribution in [0.3, 0.4) is 0 Å². The zero-order chi connectivity index (χ0) is 8.97. The van der Waals surface area contributed by atoms with Crippen LogP contribution in [-0.2, 0) is 0 Å². The zero-order valence-corrected chi connectivity index (χ0v) is 9.19. The van der Waals surface area contributed by atoms with Crippen LogP contribution >= 0.6 is 15.9 Å². The predicted octanol–water partition coefficient (Wildman–Crippen LogP) is 2.31. The highest BCUT2D eigenvalue weighted by molar-refractivity contribution is 9.09. The second-order valence-electron chi connectivity index (χ2n) is 3.81. The van der Waals surface area contributed by atoms with Gasteiger partial charge in [0.25, 0.3) is 0 Å². The van der Waals surface area contributed by atoms with E-state index in [1.165, 1.54) is 6.42 Å². The van der Waals surface area contributed by atoms with E-state index in [-0.39, 0.29) is 6.67 Å². The van der Waals surface area contributed by atoms with Crippen molar-refractivity contribution in [3.8, 4) is 0 Å². The number of likely N-dealkylation sites (tertiary alicyclic amines) is 1. The minimum absolute atomic E-state index is 0.207. The Morgan fingerprint density at radius 1 is 1.50 bits per heavy atom. The number of hydrogen-bond donors (Lipinski definition) is 0. The van der Waals surface area contributed by atoms with E-state index in [0.717, 1.165) is 30.3 Å². The van der Waals surface area contributed by atoms with Crippen molar-refractivity contribution in [3.05, 3.63) is 0 Å². The third kappa shape index (κ3) is 3.02. The number of halogens is 2. The molecule has 72 valence electrons. The molecule has 1 aliphatic rings. The minimum Gasteiger partial charge on any atom is -0.300 e. The summed E-state index contributed by atoms with van der Waals surface area (Å²) < 4.78 is 12.1. The van der Waals surface area contributed by atoms with E-state index >= 15 is 0 Å². The lowest BCUT2D eigenvalue weighted by atomic mass is 9.92. The van der Waals surface area contributed by atoms with E-state index in [9.17, 15) is 4.39 Å². The molecule has 0 saturated carbocycles. The van der Waals surface area contributed by atoms with E-state index in [1.54, 1.807) is 0 Å². The van der Waals surface area contributed by atoms with Gasteiger partial charge in [-0.3, -0.25) is 0 Å². The molecule has 0 aromatic carbocycles. The number of hydrogen-bond acceptors (Lipinski definition) is 1. The summed E-state index contributed by atoms with van der Waals surface area (Å²) in [6, 6.07) is 0. The van der Waals surface area contributed by atoms with Crippen LogP contribution in [-0.4, -0.2) is 36.5 Å². The molecule has 0 aromatic rings. The zero-order valence-electron chi connectivity index (χ0n) is 7.60. The van der Waals surface area contributed by atoms with Gasteiger partial charge in [0.15, 0.2) is 0 Å². The molecule has 0 radical (unpaired) electrons. The van der Waals surface area contributed by atoms with Crippen LogP contribution < -0.4 is 0 Å². The van der Waals surface area contributed by atoms with Crippen molar-refractivity contribution < 1.29 is 4.39 Å². The number of nitrogens with zero attached hydrogens (tertiary/aromatic N) is 1. The van der Waals surface area contributed by atoms with Crippen molar-refractivity contribution in [2.45, 2.75) is 13.3 Å². The largest absolute Gasteiger partial charge is 0.300 e. The van der Waals surface area contributed by atoms with Crippen LogP contribution in [0.1, 0.15) is 13.3 Å². The average molecular weight is 238 g/mol. The molecule has 0 aliphatic carbocycles. The molecule has 1 fully saturated rings. The first kappa shape index (κ1) is 10.5. The maximum Gasteiger partial charge on any atom is 0.102 e. The van der Waals surface area contributed by atoms with Gasteiger partial charge in [0.2, 0.25) is 0 Å². The highest BCUT2D eigenvalue weighted by Gasteiger charge is 2.23. The van der Waals surface area contributed by atoms with E-state index in [0.29, 0.717) is 6.54 Å². The Kier molecular flexibility index (Phi) is 4.51. The summed E-state index contributed by atoms with van der Waals surface area (Å²) in [6.45, 7) is 4.81. The van der Waals surface area contributed by atoms with Crippen molar-refractivity contribution in [1.29, 1.82) is 0 Å². The smallest absolute Gasteiger partial charge is 0.102 e. The summed E-state index contributed by atoms with van der Waals surface area (Å²) in [7, 11) is 0. The molecule has 0 bridgehead atoms. The summed E-state index contributed by atoms with van der Waals surface area (Å²) in [5.41, 5.74) is 0. The maximum absolute atomic E-state index is 12.1. The Morgan fingerprint density at radius 2 is 2.25 bits per heavy atom. The highest BCUT2D eigenvalue weighted by atomic mass is 79.9. The van der Waals surface area contributed by atoms with E-state index < -0.39 is 0 Å². The monoisotopic (exact) mass is 237 g/mol. The molecule has 0 aromatic heterocycles. The molecule has 0 N–H and O–H groups in total. The molecule has 2 atom stereocenters. The Morgan fingerprint density at radius 3 is 2.83 bits per heavy atom. The third-order valence-electron chi connectivity index (χ3n) is 2.44. The molecule has 3 heteroatoms. The van der Waals surface area contributed by atoms with Crippen molar-refractivity contribution in [3.63, 3.8) is 0 Å². The molecule has 1 rings (SSSR count). The van der Waals surface area contributed by atoms with E-state index in [2.05, 4.69) is 27.8 Å². The number of piperidine rings is 1. The summed E-state index contributed by atoms with van der Waals surface area (Å²) >= 11 is 3.50. The fourth-order valence-corrected chi connectivity index (χ4v) is 2.48. The molecule has 1 saturated heterocycles. The van der Waals surface area contributed by atoms with Crippen LogP contribution in [0.5, 0.6) is 0 Å². The lowest BCUT2D eigenvalue weighted by Crippen LogP contribution is -2.41. The maximum atomic E-state index is 12.1. The van der Waals surface area contributed by atoms with Gasteiger partial charge >= 0.3 is 0 Å². The molecular formula is C9H17BrFN. The number of rotatable bonds is 3. The topological polar surface area (TPSA) is 3.24 Å². The highest BCUT2D eigenvalue weighted by Crippen LogP contribution is 2.22. The summed E-state index contributed by atoms with van der Waals surface area (Å²) in [5.74, 6) is 1.45. The first-order valence-corrected chi connectivity index (χ1v) is 5.72. The van der Waals surface area contributed by atoms with Gasteiger partial charge in [-0.25, -0.2) is 4.39 Å². The fraction of sp³-hybridized carbons (Fsp3) is 1.00. The minimum atomic E-state index is -0.207. The molecule has 1 aliphatic heterocycles. The normalized spacial score (nSPS) is 32.2. The Balaban J connectivity index is 2.34. The van der Waals surface area contributed by atoms with Crippen LogP contribution in [0.15, 0.2) is 0 Å². The molecule has 1 nitrogen and oxygen atoms in total. The van der Waals surface area contributed by atoms with Gasteiger partial charge in [-0.05, 0) is 18.3 Å². The van der Waals surface area contributed by atoms with E-state index in [4.69, 9.17) is 0 Å². The fourth-order valence-electron chi connectivity index (χ4n) is 2.01. The van der Waals surface area contributed by atoms with Gasteiger partial charge in [0, 0.05) is 25.0 Å². The van der Waals surface area contributed by atoms with Crippen LogP contribution in [0.4, 0.5) is 4.39 Å². The predicted molar refractivity (Wildman–Crippen MR) is 53.5 cm³/mol. The Hall–Kier alpha value is 0.370. The second kappa shape index (κ2) is 5.18. The Bertz CT molecular complexity index is 132. The number of alkyl halides is 2. The van der Waals surface area contributed by atoms with Gasteiger partial charge < -0.3 is 4.90 Å². The second-order valence-corrected chi connectivity index (χ2v) is 4.46. The van der Waals surface area contributed by atoms with Gasteiger partial charge in [0.1, 0.15) is 6.67 Å². The molecule has 0 spiro atoms. The standard InChI is InChI=1S/C9H17BrFN/c1-8-4-9(5-10)7-12(6-8)3-2-11/h8-9H,2-7H2,1H3.